The van der Waals surface area contributed by atoms with Crippen molar-refractivity contribution in [1.29, 1.82) is 0 Å². The number of sulfonamides is 1. The minimum Gasteiger partial charge on any atom is -0.396 e. The van der Waals surface area contributed by atoms with Crippen molar-refractivity contribution in [2.45, 2.75) is 18.2 Å². The number of aliphatic hydroxyl groups is 1. The number of nitrogens with one attached hydrogen (secondary N) is 2. The van der Waals surface area contributed by atoms with Gasteiger partial charge >= 0.3 is 0 Å². The van der Waals surface area contributed by atoms with Crippen LogP contribution < -0.4 is 10.0 Å². The van der Waals surface area contributed by atoms with Gasteiger partial charge in [-0.05, 0) is 19.4 Å². The zero-order valence-electron chi connectivity index (χ0n) is 11.8. The molecule has 0 unspecified atom stereocenters. The molecule has 0 aliphatic carbocycles. The van der Waals surface area contributed by atoms with Gasteiger partial charge in [-0.1, -0.05) is 11.6 Å². The van der Waals surface area contributed by atoms with Gasteiger partial charge in [-0.3, -0.25) is 0 Å². The van der Waals surface area contributed by atoms with E-state index in [1.165, 1.54) is 12.3 Å². The molecular formula is C12H20ClN3O4S. The van der Waals surface area contributed by atoms with Crippen LogP contribution in [-0.2, 0) is 14.8 Å². The molecule has 1 heterocycles. The highest BCUT2D eigenvalue weighted by molar-refractivity contribution is 7.89. The Kier molecular flexibility index (Phi) is 7.91. The van der Waals surface area contributed by atoms with Crippen molar-refractivity contribution in [1.82, 2.24) is 9.71 Å². The lowest BCUT2D eigenvalue weighted by Gasteiger charge is -2.10. The van der Waals surface area contributed by atoms with Crippen molar-refractivity contribution in [3.63, 3.8) is 0 Å². The molecule has 0 saturated heterocycles. The Hall–Kier alpha value is -0.930. The summed E-state index contributed by atoms with van der Waals surface area (Å²) in [5.41, 5.74) is 0. The van der Waals surface area contributed by atoms with Gasteiger partial charge in [-0.2, -0.15) is 0 Å². The molecule has 1 aromatic rings. The minimum atomic E-state index is -3.65. The summed E-state index contributed by atoms with van der Waals surface area (Å²) in [7, 11) is -3.65. The quantitative estimate of drug-likeness (QED) is 0.547. The summed E-state index contributed by atoms with van der Waals surface area (Å²) in [6.45, 7) is 3.41. The average Bonchev–Trinajstić information content (AvgIpc) is 2.45. The number of hydrogen-bond acceptors (Lipinski definition) is 6. The number of ether oxygens (including phenoxy) is 1. The third kappa shape index (κ3) is 6.15. The Morgan fingerprint density at radius 1 is 1.43 bits per heavy atom. The number of anilines is 1. The van der Waals surface area contributed by atoms with Crippen LogP contribution in [0, 0.1) is 0 Å². The highest BCUT2D eigenvalue weighted by Crippen LogP contribution is 2.22. The van der Waals surface area contributed by atoms with Gasteiger partial charge in [0.05, 0.1) is 11.6 Å². The molecule has 0 amide bonds. The molecule has 0 aliphatic heterocycles. The van der Waals surface area contributed by atoms with Gasteiger partial charge in [-0.25, -0.2) is 18.1 Å². The Morgan fingerprint density at radius 2 is 2.19 bits per heavy atom. The molecule has 7 nitrogen and oxygen atoms in total. The lowest BCUT2D eigenvalue weighted by molar-refractivity contribution is 0.153. The smallest absolute Gasteiger partial charge is 0.242 e. The molecule has 1 rings (SSSR count). The number of aliphatic hydroxyl groups excluding tert-OH is 1. The largest absolute Gasteiger partial charge is 0.396 e. The predicted molar refractivity (Wildman–Crippen MR) is 81.1 cm³/mol. The fraction of sp³-hybridized carbons (Fsp3) is 0.583. The van der Waals surface area contributed by atoms with Crippen LogP contribution in [0.1, 0.15) is 13.3 Å². The van der Waals surface area contributed by atoms with E-state index in [9.17, 15) is 8.42 Å². The zero-order valence-corrected chi connectivity index (χ0v) is 13.4. The SMILES string of the molecule is CCOCCNS(=O)(=O)c1cnc(NCCCO)c(Cl)c1. The molecule has 0 fully saturated rings. The Labute approximate surface area is 129 Å². The minimum absolute atomic E-state index is 0.00305. The summed E-state index contributed by atoms with van der Waals surface area (Å²) in [6.07, 6.45) is 1.78. The van der Waals surface area contributed by atoms with Crippen LogP contribution in [0.25, 0.3) is 0 Å². The van der Waals surface area contributed by atoms with E-state index in [4.69, 9.17) is 21.4 Å². The van der Waals surface area contributed by atoms with Crippen LogP contribution in [0.15, 0.2) is 17.2 Å². The first-order valence-corrected chi connectivity index (χ1v) is 8.45. The van der Waals surface area contributed by atoms with Crippen molar-refractivity contribution in [3.05, 3.63) is 17.3 Å². The fourth-order valence-electron chi connectivity index (χ4n) is 1.46. The maximum absolute atomic E-state index is 12.0. The van der Waals surface area contributed by atoms with Crippen LogP contribution in [0.5, 0.6) is 0 Å². The second kappa shape index (κ2) is 9.16. The van der Waals surface area contributed by atoms with Crippen molar-refractivity contribution < 1.29 is 18.3 Å². The van der Waals surface area contributed by atoms with Gasteiger partial charge in [-0.15, -0.1) is 0 Å². The molecule has 0 aliphatic rings. The van der Waals surface area contributed by atoms with Gasteiger partial charge in [0.1, 0.15) is 10.7 Å². The third-order valence-corrected chi connectivity index (χ3v) is 4.21. The molecule has 3 N–H and O–H groups in total. The summed E-state index contributed by atoms with van der Waals surface area (Å²) in [5.74, 6) is 0.387. The number of halogens is 1. The average molecular weight is 338 g/mol. The molecule has 21 heavy (non-hydrogen) atoms. The fourth-order valence-corrected chi connectivity index (χ4v) is 2.74. The van der Waals surface area contributed by atoms with Crippen LogP contribution in [0.3, 0.4) is 0 Å². The van der Waals surface area contributed by atoms with Crippen LogP contribution >= 0.6 is 11.6 Å². The van der Waals surface area contributed by atoms with Gasteiger partial charge in [0.2, 0.25) is 10.0 Å². The van der Waals surface area contributed by atoms with Gasteiger partial charge in [0.15, 0.2) is 0 Å². The highest BCUT2D eigenvalue weighted by atomic mass is 35.5. The molecule has 9 heteroatoms. The van der Waals surface area contributed by atoms with Crippen LogP contribution in [-0.4, -0.2) is 51.4 Å². The number of rotatable bonds is 10. The van der Waals surface area contributed by atoms with Crippen molar-refractivity contribution >= 4 is 27.4 Å². The van der Waals surface area contributed by atoms with E-state index in [-0.39, 0.29) is 23.1 Å². The van der Waals surface area contributed by atoms with E-state index in [1.54, 1.807) is 0 Å². The number of nitrogens with zero attached hydrogens (tertiary/aromatic N) is 1. The molecule has 0 aromatic carbocycles. The highest BCUT2D eigenvalue weighted by Gasteiger charge is 2.16. The van der Waals surface area contributed by atoms with Gasteiger partial charge in [0, 0.05) is 32.5 Å². The second-order valence-electron chi connectivity index (χ2n) is 4.10. The van der Waals surface area contributed by atoms with E-state index in [0.717, 1.165) is 0 Å². The number of aromatic nitrogens is 1. The van der Waals surface area contributed by atoms with Gasteiger partial charge in [0.25, 0.3) is 0 Å². The summed E-state index contributed by atoms with van der Waals surface area (Å²) >= 11 is 5.99. The normalized spacial score (nSPS) is 11.6. The first-order chi connectivity index (χ1) is 10.0. The van der Waals surface area contributed by atoms with E-state index in [0.29, 0.717) is 32.0 Å². The molecule has 0 radical (unpaired) electrons. The topological polar surface area (TPSA) is 101 Å². The third-order valence-electron chi connectivity index (χ3n) is 2.50. The molecule has 0 saturated carbocycles. The van der Waals surface area contributed by atoms with E-state index in [2.05, 4.69) is 15.0 Å². The van der Waals surface area contributed by atoms with Crippen molar-refractivity contribution in [2.24, 2.45) is 0 Å². The predicted octanol–water partition coefficient (Wildman–Crippen LogP) is 0.844. The molecule has 0 bridgehead atoms. The number of pyridine rings is 1. The van der Waals surface area contributed by atoms with E-state index in [1.807, 2.05) is 6.92 Å². The number of hydrogen-bond donors (Lipinski definition) is 3. The monoisotopic (exact) mass is 337 g/mol. The lowest BCUT2D eigenvalue weighted by Crippen LogP contribution is -2.27. The van der Waals surface area contributed by atoms with E-state index < -0.39 is 10.0 Å². The molecule has 1 aromatic heterocycles. The summed E-state index contributed by atoms with van der Waals surface area (Å²) < 4.78 is 31.5. The molecular weight excluding hydrogens is 318 g/mol. The standard InChI is InChI=1S/C12H20ClN3O4S/c1-2-20-7-5-16-21(18,19)10-8-11(13)12(15-9-10)14-4-3-6-17/h8-9,16-17H,2-7H2,1H3,(H,14,15). The van der Waals surface area contributed by atoms with Gasteiger partial charge < -0.3 is 15.2 Å². The first-order valence-electron chi connectivity index (χ1n) is 6.59. The lowest BCUT2D eigenvalue weighted by atomic mass is 10.4. The molecule has 0 spiro atoms. The Bertz CT molecular complexity index is 539. The maximum atomic E-state index is 12.0. The van der Waals surface area contributed by atoms with Crippen LogP contribution in [0.4, 0.5) is 5.82 Å². The summed E-state index contributed by atoms with van der Waals surface area (Å²) in [5, 5.41) is 11.8. The Morgan fingerprint density at radius 3 is 2.81 bits per heavy atom. The second-order valence-corrected chi connectivity index (χ2v) is 6.27. The first kappa shape index (κ1) is 18.1. The zero-order chi connectivity index (χ0) is 15.7. The van der Waals surface area contributed by atoms with E-state index >= 15 is 0 Å². The summed E-state index contributed by atoms with van der Waals surface area (Å²) in [6, 6.07) is 1.33. The maximum Gasteiger partial charge on any atom is 0.242 e. The molecule has 120 valence electrons. The molecule has 0 atom stereocenters. The Balaban J connectivity index is 2.68. The van der Waals surface area contributed by atoms with Crippen LogP contribution in [0.2, 0.25) is 5.02 Å². The van der Waals surface area contributed by atoms with Crippen molar-refractivity contribution in [3.8, 4) is 0 Å². The van der Waals surface area contributed by atoms with Crippen molar-refractivity contribution in [2.75, 3.05) is 38.2 Å². The summed E-state index contributed by atoms with van der Waals surface area (Å²) in [4.78, 5) is 3.98.